The van der Waals surface area contributed by atoms with Gasteiger partial charge in [-0.1, -0.05) is 17.7 Å². The first-order valence-electron chi connectivity index (χ1n) is 9.39. The fraction of sp³-hybridized carbons (Fsp3) is 0.429. The summed E-state index contributed by atoms with van der Waals surface area (Å²) in [5.74, 6) is 1.27. The Balaban J connectivity index is 1.30. The standard InChI is InChI=1S/C21H26N2O4/c1-16-6-8-18(9-7-16)26-11-3-2-10-22-21(25)17-13-20(24)23(14-17)15-19-5-4-12-27-19/h4-9,12,17H,2-3,10-11,13-15H2,1H3,(H,22,25). The Bertz CT molecular complexity index is 740. The van der Waals surface area contributed by atoms with Gasteiger partial charge in [-0.15, -0.1) is 0 Å². The van der Waals surface area contributed by atoms with E-state index < -0.39 is 0 Å². The van der Waals surface area contributed by atoms with Gasteiger partial charge in [-0.25, -0.2) is 0 Å². The highest BCUT2D eigenvalue weighted by Crippen LogP contribution is 2.20. The maximum Gasteiger partial charge on any atom is 0.225 e. The Kier molecular flexibility index (Phi) is 6.52. The van der Waals surface area contributed by atoms with Crippen LogP contribution in [0.4, 0.5) is 0 Å². The van der Waals surface area contributed by atoms with Crippen LogP contribution in [0.3, 0.4) is 0 Å². The molecule has 1 aromatic carbocycles. The first-order valence-corrected chi connectivity index (χ1v) is 9.39. The lowest BCUT2D eigenvalue weighted by molar-refractivity contribution is -0.129. The van der Waals surface area contributed by atoms with Gasteiger partial charge in [-0.05, 0) is 44.0 Å². The van der Waals surface area contributed by atoms with Crippen molar-refractivity contribution in [1.29, 1.82) is 0 Å². The third kappa shape index (κ3) is 5.61. The molecule has 1 unspecified atom stereocenters. The second-order valence-electron chi connectivity index (χ2n) is 6.91. The first-order chi connectivity index (χ1) is 13.1. The number of likely N-dealkylation sites (tertiary alicyclic amines) is 1. The van der Waals surface area contributed by atoms with Gasteiger partial charge in [0.2, 0.25) is 11.8 Å². The third-order valence-corrected chi connectivity index (χ3v) is 4.67. The molecule has 2 amide bonds. The Labute approximate surface area is 159 Å². The van der Waals surface area contributed by atoms with E-state index in [0.29, 0.717) is 26.2 Å². The number of benzene rings is 1. The lowest BCUT2D eigenvalue weighted by Crippen LogP contribution is -2.33. The number of unbranched alkanes of at least 4 members (excludes halogenated alkanes) is 1. The van der Waals surface area contributed by atoms with E-state index in [-0.39, 0.29) is 24.2 Å². The summed E-state index contributed by atoms with van der Waals surface area (Å²) >= 11 is 0. The summed E-state index contributed by atoms with van der Waals surface area (Å²) in [6.45, 7) is 4.13. The van der Waals surface area contributed by atoms with E-state index in [1.165, 1.54) is 5.56 Å². The zero-order valence-corrected chi connectivity index (χ0v) is 15.6. The monoisotopic (exact) mass is 370 g/mol. The number of furan rings is 1. The Morgan fingerprint density at radius 2 is 2.07 bits per heavy atom. The third-order valence-electron chi connectivity index (χ3n) is 4.67. The SMILES string of the molecule is Cc1ccc(OCCCCNC(=O)C2CC(=O)N(Cc3ccco3)C2)cc1. The number of ether oxygens (including phenoxy) is 1. The summed E-state index contributed by atoms with van der Waals surface area (Å²) in [4.78, 5) is 26.0. The molecular formula is C21H26N2O4. The molecule has 1 aromatic heterocycles. The van der Waals surface area contributed by atoms with Gasteiger partial charge in [0, 0.05) is 19.5 Å². The summed E-state index contributed by atoms with van der Waals surface area (Å²) in [6.07, 6.45) is 3.56. The molecule has 2 aromatic rings. The van der Waals surface area contributed by atoms with Crippen molar-refractivity contribution in [2.24, 2.45) is 5.92 Å². The number of carbonyl (C=O) groups is 2. The van der Waals surface area contributed by atoms with Crippen LogP contribution in [0.25, 0.3) is 0 Å². The minimum atomic E-state index is -0.281. The predicted molar refractivity (Wildman–Crippen MR) is 101 cm³/mol. The van der Waals surface area contributed by atoms with Gasteiger partial charge in [0.05, 0.1) is 25.3 Å². The van der Waals surface area contributed by atoms with Gasteiger partial charge in [0.1, 0.15) is 11.5 Å². The van der Waals surface area contributed by atoms with Crippen LogP contribution in [-0.2, 0) is 16.1 Å². The van der Waals surface area contributed by atoms with Crippen molar-refractivity contribution < 1.29 is 18.7 Å². The maximum atomic E-state index is 12.3. The van der Waals surface area contributed by atoms with E-state index in [2.05, 4.69) is 5.32 Å². The summed E-state index contributed by atoms with van der Waals surface area (Å²) < 4.78 is 10.9. The minimum Gasteiger partial charge on any atom is -0.494 e. The fourth-order valence-electron chi connectivity index (χ4n) is 3.10. The Hall–Kier alpha value is -2.76. The van der Waals surface area contributed by atoms with Gasteiger partial charge in [0.15, 0.2) is 0 Å². The summed E-state index contributed by atoms with van der Waals surface area (Å²) in [6, 6.07) is 11.6. The molecule has 1 N–H and O–H groups in total. The van der Waals surface area contributed by atoms with E-state index in [4.69, 9.17) is 9.15 Å². The van der Waals surface area contributed by atoms with Crippen molar-refractivity contribution >= 4 is 11.8 Å². The van der Waals surface area contributed by atoms with Crippen LogP contribution < -0.4 is 10.1 Å². The van der Waals surface area contributed by atoms with Crippen LogP contribution >= 0.6 is 0 Å². The molecular weight excluding hydrogens is 344 g/mol. The molecule has 0 radical (unpaired) electrons. The zero-order chi connectivity index (χ0) is 19.1. The molecule has 1 aliphatic rings. The number of nitrogens with one attached hydrogen (secondary N) is 1. The Morgan fingerprint density at radius 3 is 2.81 bits per heavy atom. The number of rotatable bonds is 9. The van der Waals surface area contributed by atoms with Gasteiger partial charge in [0.25, 0.3) is 0 Å². The van der Waals surface area contributed by atoms with E-state index in [9.17, 15) is 9.59 Å². The molecule has 0 spiro atoms. The minimum absolute atomic E-state index is 0.00181. The van der Waals surface area contributed by atoms with Crippen LogP contribution in [0.5, 0.6) is 5.75 Å². The number of hydrogen-bond acceptors (Lipinski definition) is 4. The second kappa shape index (κ2) is 9.26. The van der Waals surface area contributed by atoms with E-state index >= 15 is 0 Å². The Morgan fingerprint density at radius 1 is 1.26 bits per heavy atom. The molecule has 6 nitrogen and oxygen atoms in total. The summed E-state index contributed by atoms with van der Waals surface area (Å²) in [5.41, 5.74) is 1.21. The maximum absolute atomic E-state index is 12.3. The lowest BCUT2D eigenvalue weighted by atomic mass is 10.1. The zero-order valence-electron chi connectivity index (χ0n) is 15.6. The number of aryl methyl sites for hydroxylation is 1. The smallest absolute Gasteiger partial charge is 0.225 e. The molecule has 6 heteroatoms. The highest BCUT2D eigenvalue weighted by Gasteiger charge is 2.34. The van der Waals surface area contributed by atoms with E-state index in [1.807, 2.05) is 37.3 Å². The van der Waals surface area contributed by atoms with Crippen molar-refractivity contribution in [1.82, 2.24) is 10.2 Å². The van der Waals surface area contributed by atoms with Crippen LogP contribution in [0.2, 0.25) is 0 Å². The molecule has 1 saturated heterocycles. The van der Waals surface area contributed by atoms with Crippen molar-refractivity contribution in [3.63, 3.8) is 0 Å². The van der Waals surface area contributed by atoms with E-state index in [1.54, 1.807) is 17.2 Å². The topological polar surface area (TPSA) is 71.8 Å². The summed E-state index contributed by atoms with van der Waals surface area (Å²) in [7, 11) is 0. The number of nitrogens with zero attached hydrogens (tertiary/aromatic N) is 1. The number of hydrogen-bond donors (Lipinski definition) is 1. The molecule has 27 heavy (non-hydrogen) atoms. The normalized spacial score (nSPS) is 16.6. The molecule has 1 atom stereocenters. The number of carbonyl (C=O) groups excluding carboxylic acids is 2. The lowest BCUT2D eigenvalue weighted by Gasteiger charge is -2.15. The fourth-order valence-corrected chi connectivity index (χ4v) is 3.10. The quantitative estimate of drug-likeness (QED) is 0.689. The molecule has 0 bridgehead atoms. The van der Waals surface area contributed by atoms with Crippen molar-refractivity contribution in [3.05, 3.63) is 54.0 Å². The van der Waals surface area contributed by atoms with Gasteiger partial charge in [-0.2, -0.15) is 0 Å². The highest BCUT2D eigenvalue weighted by molar-refractivity contribution is 5.89. The molecule has 144 valence electrons. The van der Waals surface area contributed by atoms with Gasteiger partial charge >= 0.3 is 0 Å². The molecule has 1 aliphatic heterocycles. The number of amides is 2. The summed E-state index contributed by atoms with van der Waals surface area (Å²) in [5, 5.41) is 2.93. The average Bonchev–Trinajstić information content (AvgIpc) is 3.30. The van der Waals surface area contributed by atoms with Crippen LogP contribution in [0.15, 0.2) is 47.1 Å². The largest absolute Gasteiger partial charge is 0.494 e. The van der Waals surface area contributed by atoms with Gasteiger partial charge < -0.3 is 19.4 Å². The van der Waals surface area contributed by atoms with Crippen LogP contribution in [0, 0.1) is 12.8 Å². The second-order valence-corrected chi connectivity index (χ2v) is 6.91. The molecule has 2 heterocycles. The molecule has 0 aliphatic carbocycles. The van der Waals surface area contributed by atoms with Crippen molar-refractivity contribution in [2.75, 3.05) is 19.7 Å². The predicted octanol–water partition coefficient (Wildman–Crippen LogP) is 2.91. The van der Waals surface area contributed by atoms with Gasteiger partial charge in [-0.3, -0.25) is 9.59 Å². The molecule has 1 fully saturated rings. The average molecular weight is 370 g/mol. The first kappa shape index (κ1) is 19.0. The molecule has 0 saturated carbocycles. The van der Waals surface area contributed by atoms with Crippen molar-refractivity contribution in [3.8, 4) is 5.75 Å². The van der Waals surface area contributed by atoms with Crippen molar-refractivity contribution in [2.45, 2.75) is 32.7 Å². The van der Waals surface area contributed by atoms with Crippen LogP contribution in [-0.4, -0.2) is 36.4 Å². The molecule has 3 rings (SSSR count). The van der Waals surface area contributed by atoms with Crippen LogP contribution in [0.1, 0.15) is 30.6 Å². The van der Waals surface area contributed by atoms with E-state index in [0.717, 1.165) is 24.4 Å². The highest BCUT2D eigenvalue weighted by atomic mass is 16.5.